The number of rotatable bonds is 14. The van der Waals surface area contributed by atoms with E-state index in [0.717, 1.165) is 61.3 Å². The van der Waals surface area contributed by atoms with E-state index in [9.17, 15) is 9.90 Å². The van der Waals surface area contributed by atoms with Crippen LogP contribution in [0.25, 0.3) is 0 Å². The minimum Gasteiger partial charge on any atom is -0.480 e. The van der Waals surface area contributed by atoms with Gasteiger partial charge in [-0.1, -0.05) is 6.07 Å². The number of anilines is 2. The van der Waals surface area contributed by atoms with E-state index in [1.54, 1.807) is 19.4 Å². The number of methoxy groups -OCH3 is 1. The van der Waals surface area contributed by atoms with Gasteiger partial charge in [-0.05, 0) is 91.7 Å². The lowest BCUT2D eigenvalue weighted by Crippen LogP contribution is -2.38. The van der Waals surface area contributed by atoms with E-state index < -0.39 is 12.0 Å². The van der Waals surface area contributed by atoms with Gasteiger partial charge in [-0.15, -0.1) is 0 Å². The third-order valence-electron chi connectivity index (χ3n) is 6.11. The summed E-state index contributed by atoms with van der Waals surface area (Å²) in [6, 6.07) is 7.26. The highest BCUT2D eigenvalue weighted by Gasteiger charge is 2.20. The Kier molecular flexibility index (Phi) is 10.6. The zero-order chi connectivity index (χ0) is 24.3. The molecule has 3 rings (SSSR count). The second-order valence-electron chi connectivity index (χ2n) is 8.83. The van der Waals surface area contributed by atoms with Crippen LogP contribution in [-0.4, -0.2) is 71.4 Å². The number of aromatic nitrogens is 2. The van der Waals surface area contributed by atoms with Crippen molar-refractivity contribution in [3.05, 3.63) is 46.2 Å². The predicted molar refractivity (Wildman–Crippen MR) is 138 cm³/mol. The number of pyridine rings is 2. The molecule has 0 aromatic carbocycles. The SMILES string of the molecule is CO[C@H](C)CN(CCCCc1ccc2c(n1)NCCC2)CC[C@H](Nc1ccc(Br)cn1)C(=O)O. The molecular weight excluding hydrogens is 498 g/mol. The number of nitrogens with one attached hydrogen (secondary N) is 2. The Morgan fingerprint density at radius 2 is 2.15 bits per heavy atom. The smallest absolute Gasteiger partial charge is 0.326 e. The summed E-state index contributed by atoms with van der Waals surface area (Å²) in [6.07, 6.45) is 7.47. The molecule has 0 bridgehead atoms. The number of unbranched alkanes of at least 4 members (excludes halogenated alkanes) is 1. The molecule has 0 unspecified atom stereocenters. The first-order valence-electron chi connectivity index (χ1n) is 12.0. The largest absolute Gasteiger partial charge is 0.480 e. The minimum atomic E-state index is -0.878. The molecule has 2 aromatic heterocycles. The first-order valence-corrected chi connectivity index (χ1v) is 12.8. The highest BCUT2D eigenvalue weighted by atomic mass is 79.9. The quantitative estimate of drug-likeness (QED) is 0.310. The van der Waals surface area contributed by atoms with Crippen molar-refractivity contribution in [2.75, 3.05) is 43.9 Å². The Hall–Kier alpha value is -2.23. The highest BCUT2D eigenvalue weighted by molar-refractivity contribution is 9.10. The Morgan fingerprint density at radius 1 is 1.29 bits per heavy atom. The molecule has 0 spiro atoms. The van der Waals surface area contributed by atoms with Gasteiger partial charge in [0.15, 0.2) is 0 Å². The average Bonchev–Trinajstić information content (AvgIpc) is 2.84. The standard InChI is InChI=1S/C25H36BrN5O3/c1-18(34-2)17-31(15-12-22(25(32)33)30-23-11-9-20(26)16-28-23)14-4-3-7-21-10-8-19-6-5-13-27-24(19)29-21/h8-11,16,18,22H,3-7,12-15,17H2,1-2H3,(H,27,29)(H,28,30)(H,32,33)/t18-,22+/m1/s1. The maximum absolute atomic E-state index is 11.8. The Bertz CT molecular complexity index is 912. The Labute approximate surface area is 210 Å². The summed E-state index contributed by atoms with van der Waals surface area (Å²) >= 11 is 3.35. The van der Waals surface area contributed by atoms with Crippen LogP contribution < -0.4 is 10.6 Å². The van der Waals surface area contributed by atoms with Gasteiger partial charge in [-0.3, -0.25) is 0 Å². The Balaban J connectivity index is 1.49. The zero-order valence-corrected chi connectivity index (χ0v) is 21.7. The van der Waals surface area contributed by atoms with Crippen molar-refractivity contribution < 1.29 is 14.6 Å². The van der Waals surface area contributed by atoms with Crippen molar-refractivity contribution in [2.45, 2.75) is 57.6 Å². The summed E-state index contributed by atoms with van der Waals surface area (Å²) in [6.45, 7) is 5.35. The third kappa shape index (κ3) is 8.52. The van der Waals surface area contributed by atoms with Gasteiger partial charge >= 0.3 is 5.97 Å². The fourth-order valence-corrected chi connectivity index (χ4v) is 4.33. The molecule has 1 aliphatic heterocycles. The zero-order valence-electron chi connectivity index (χ0n) is 20.1. The van der Waals surface area contributed by atoms with E-state index in [1.807, 2.05) is 13.0 Å². The molecule has 34 heavy (non-hydrogen) atoms. The lowest BCUT2D eigenvalue weighted by Gasteiger charge is -2.26. The van der Waals surface area contributed by atoms with Crippen molar-refractivity contribution >= 4 is 33.5 Å². The second kappa shape index (κ2) is 13.6. The molecule has 186 valence electrons. The monoisotopic (exact) mass is 533 g/mol. The van der Waals surface area contributed by atoms with Gasteiger partial charge in [-0.25, -0.2) is 14.8 Å². The van der Waals surface area contributed by atoms with E-state index in [-0.39, 0.29) is 6.10 Å². The highest BCUT2D eigenvalue weighted by Crippen LogP contribution is 2.20. The predicted octanol–water partition coefficient (Wildman–Crippen LogP) is 4.21. The second-order valence-corrected chi connectivity index (χ2v) is 9.75. The van der Waals surface area contributed by atoms with Gasteiger partial charge in [0.1, 0.15) is 17.7 Å². The number of ether oxygens (including phenoxy) is 1. The van der Waals surface area contributed by atoms with Crippen LogP contribution in [0, 0.1) is 0 Å². The number of hydrogen-bond donors (Lipinski definition) is 3. The van der Waals surface area contributed by atoms with Crippen LogP contribution in [0.15, 0.2) is 34.9 Å². The van der Waals surface area contributed by atoms with Crippen molar-refractivity contribution in [3.8, 4) is 0 Å². The van der Waals surface area contributed by atoms with Crippen LogP contribution in [0.4, 0.5) is 11.6 Å². The van der Waals surface area contributed by atoms with Crippen molar-refractivity contribution in [2.24, 2.45) is 0 Å². The van der Waals surface area contributed by atoms with Crippen molar-refractivity contribution in [1.82, 2.24) is 14.9 Å². The van der Waals surface area contributed by atoms with E-state index in [0.29, 0.717) is 18.8 Å². The summed E-state index contributed by atoms with van der Waals surface area (Å²) in [7, 11) is 1.71. The van der Waals surface area contributed by atoms with Gasteiger partial charge < -0.3 is 25.4 Å². The van der Waals surface area contributed by atoms with Gasteiger partial charge in [0.25, 0.3) is 0 Å². The fourth-order valence-electron chi connectivity index (χ4n) is 4.09. The maximum atomic E-state index is 11.8. The van der Waals surface area contributed by atoms with Crippen LogP contribution in [0.5, 0.6) is 0 Å². The first-order chi connectivity index (χ1) is 16.4. The number of halogens is 1. The normalized spacial score (nSPS) is 14.8. The fraction of sp³-hybridized carbons (Fsp3) is 0.560. The molecule has 0 saturated carbocycles. The van der Waals surface area contributed by atoms with Crippen LogP contribution in [-0.2, 0) is 22.4 Å². The number of carboxylic acids is 1. The number of aliphatic carboxylic acids is 1. The molecule has 0 amide bonds. The van der Waals surface area contributed by atoms with Gasteiger partial charge in [0.2, 0.25) is 0 Å². The first kappa shape index (κ1) is 26.4. The van der Waals surface area contributed by atoms with Crippen molar-refractivity contribution in [1.29, 1.82) is 0 Å². The topological polar surface area (TPSA) is 99.6 Å². The van der Waals surface area contributed by atoms with Crippen molar-refractivity contribution in [3.63, 3.8) is 0 Å². The molecule has 0 radical (unpaired) electrons. The molecule has 0 fully saturated rings. The molecule has 3 heterocycles. The lowest BCUT2D eigenvalue weighted by atomic mass is 10.1. The molecule has 3 N–H and O–H groups in total. The van der Waals surface area contributed by atoms with E-state index in [1.165, 1.54) is 12.0 Å². The summed E-state index contributed by atoms with van der Waals surface area (Å²) in [5, 5.41) is 16.1. The minimum absolute atomic E-state index is 0.0813. The van der Waals surface area contributed by atoms with E-state index >= 15 is 0 Å². The maximum Gasteiger partial charge on any atom is 0.326 e. The molecule has 8 nitrogen and oxygen atoms in total. The Morgan fingerprint density at radius 3 is 2.88 bits per heavy atom. The molecule has 2 aromatic rings. The lowest BCUT2D eigenvalue weighted by molar-refractivity contribution is -0.138. The van der Waals surface area contributed by atoms with E-state index in [2.05, 4.69) is 48.6 Å². The molecule has 9 heteroatoms. The van der Waals surface area contributed by atoms with Crippen LogP contribution >= 0.6 is 15.9 Å². The number of carbonyl (C=O) groups is 1. The number of carboxylic acid groups (broad SMARTS) is 1. The number of nitrogens with zero attached hydrogens (tertiary/aromatic N) is 3. The van der Waals surface area contributed by atoms with Crippen LogP contribution in [0.3, 0.4) is 0 Å². The molecule has 0 aliphatic carbocycles. The number of aryl methyl sites for hydroxylation is 2. The van der Waals surface area contributed by atoms with Crippen LogP contribution in [0.1, 0.15) is 43.9 Å². The average molecular weight is 534 g/mol. The molecule has 0 saturated heterocycles. The molecule has 2 atom stereocenters. The van der Waals surface area contributed by atoms with Crippen LogP contribution in [0.2, 0.25) is 0 Å². The van der Waals surface area contributed by atoms with Gasteiger partial charge in [0, 0.05) is 43.1 Å². The number of hydrogen-bond acceptors (Lipinski definition) is 7. The van der Waals surface area contributed by atoms with E-state index in [4.69, 9.17) is 9.72 Å². The summed E-state index contributed by atoms with van der Waals surface area (Å²) in [5.74, 6) is 0.725. The summed E-state index contributed by atoms with van der Waals surface area (Å²) in [5.41, 5.74) is 2.44. The number of fused-ring (bicyclic) bond motifs is 1. The third-order valence-corrected chi connectivity index (χ3v) is 6.58. The van der Waals surface area contributed by atoms with Gasteiger partial charge in [0.05, 0.1) is 6.10 Å². The summed E-state index contributed by atoms with van der Waals surface area (Å²) < 4.78 is 6.32. The summed E-state index contributed by atoms with van der Waals surface area (Å²) in [4.78, 5) is 23.1. The molecule has 1 aliphatic rings. The van der Waals surface area contributed by atoms with Gasteiger partial charge in [-0.2, -0.15) is 0 Å². The molecular formula is C25H36BrN5O3.